The number of rotatable bonds is 6. The monoisotopic (exact) mass is 317 g/mol. The second-order valence-electron chi connectivity index (χ2n) is 3.27. The van der Waals surface area contributed by atoms with E-state index in [1.807, 2.05) is 0 Å². The number of hydrogen-bond acceptors (Lipinski definition) is 5. The van der Waals surface area contributed by atoms with Crippen molar-refractivity contribution in [1.29, 1.82) is 0 Å². The number of esters is 1. The van der Waals surface area contributed by atoms with Crippen molar-refractivity contribution in [2.75, 3.05) is 13.2 Å². The van der Waals surface area contributed by atoms with Crippen LogP contribution in [0.15, 0.2) is 22.7 Å². The van der Waals surface area contributed by atoms with Gasteiger partial charge in [-0.05, 0) is 19.1 Å². The maximum atomic E-state index is 11.1. The maximum absolute atomic E-state index is 11.1. The fourth-order valence-corrected chi connectivity index (χ4v) is 1.58. The lowest BCUT2D eigenvalue weighted by Crippen LogP contribution is -2.10. The van der Waals surface area contributed by atoms with E-state index < -0.39 is 10.9 Å². The Labute approximate surface area is 112 Å². The molecule has 18 heavy (non-hydrogen) atoms. The summed E-state index contributed by atoms with van der Waals surface area (Å²) < 4.78 is 10.5. The molecule has 1 rings (SSSR count). The van der Waals surface area contributed by atoms with Crippen LogP contribution in [0.3, 0.4) is 0 Å². The highest BCUT2D eigenvalue weighted by atomic mass is 79.9. The zero-order valence-corrected chi connectivity index (χ0v) is 11.3. The average molecular weight is 318 g/mol. The van der Waals surface area contributed by atoms with E-state index in [9.17, 15) is 14.9 Å². The number of benzene rings is 1. The summed E-state index contributed by atoms with van der Waals surface area (Å²) in [4.78, 5) is 21.3. The van der Waals surface area contributed by atoms with Crippen LogP contribution in [0.1, 0.15) is 13.3 Å². The van der Waals surface area contributed by atoms with E-state index in [0.29, 0.717) is 11.1 Å². The molecule has 0 spiro atoms. The number of nitro benzene ring substituents is 1. The summed E-state index contributed by atoms with van der Waals surface area (Å²) in [5.41, 5.74) is -0.145. The molecule has 0 aliphatic heterocycles. The van der Waals surface area contributed by atoms with Crippen LogP contribution in [0.5, 0.6) is 5.75 Å². The van der Waals surface area contributed by atoms with E-state index in [0.717, 1.165) is 0 Å². The lowest BCUT2D eigenvalue weighted by Gasteiger charge is -2.06. The molecule has 0 saturated carbocycles. The third-order valence-corrected chi connectivity index (χ3v) is 2.48. The van der Waals surface area contributed by atoms with Crippen LogP contribution in [-0.4, -0.2) is 24.1 Å². The standard InChI is InChI=1S/C11H12BrNO5/c1-2-17-11(14)5-6-18-10-4-3-8(12)7-9(10)13(15)16/h3-4,7H,2,5-6H2,1H3. The Kier molecular flexibility index (Phi) is 5.57. The van der Waals surface area contributed by atoms with E-state index >= 15 is 0 Å². The Morgan fingerprint density at radius 3 is 2.83 bits per heavy atom. The Morgan fingerprint density at radius 2 is 2.22 bits per heavy atom. The SMILES string of the molecule is CCOC(=O)CCOc1ccc(Br)cc1[N+](=O)[O-]. The Hall–Kier alpha value is -1.63. The molecule has 0 unspecified atom stereocenters. The van der Waals surface area contributed by atoms with Crippen molar-refractivity contribution in [3.05, 3.63) is 32.8 Å². The molecule has 98 valence electrons. The van der Waals surface area contributed by atoms with Gasteiger partial charge in [0.05, 0.1) is 24.6 Å². The molecule has 0 aliphatic rings. The molecule has 1 aromatic rings. The van der Waals surface area contributed by atoms with E-state index in [1.165, 1.54) is 12.1 Å². The molecule has 0 N–H and O–H groups in total. The number of halogens is 1. The molecular formula is C11H12BrNO5. The van der Waals surface area contributed by atoms with Crippen LogP contribution in [0.25, 0.3) is 0 Å². The molecule has 0 radical (unpaired) electrons. The molecule has 7 heteroatoms. The average Bonchev–Trinajstić information content (AvgIpc) is 2.31. The first kappa shape index (κ1) is 14.4. The van der Waals surface area contributed by atoms with Gasteiger partial charge in [-0.25, -0.2) is 0 Å². The predicted octanol–water partition coefficient (Wildman–Crippen LogP) is 2.69. The number of carbonyl (C=O) groups excluding carboxylic acids is 1. The number of nitro groups is 1. The molecule has 0 atom stereocenters. The van der Waals surface area contributed by atoms with E-state index in [4.69, 9.17) is 9.47 Å². The number of nitrogens with zero attached hydrogens (tertiary/aromatic N) is 1. The largest absolute Gasteiger partial charge is 0.486 e. The molecule has 0 bridgehead atoms. The van der Waals surface area contributed by atoms with Crippen LogP contribution < -0.4 is 4.74 Å². The third-order valence-electron chi connectivity index (χ3n) is 1.99. The summed E-state index contributed by atoms with van der Waals surface area (Å²) in [6, 6.07) is 4.46. The lowest BCUT2D eigenvalue weighted by molar-refractivity contribution is -0.385. The van der Waals surface area contributed by atoms with E-state index in [2.05, 4.69) is 15.9 Å². The van der Waals surface area contributed by atoms with Gasteiger partial charge < -0.3 is 9.47 Å². The van der Waals surface area contributed by atoms with E-state index in [1.54, 1.807) is 13.0 Å². The van der Waals surface area contributed by atoms with Gasteiger partial charge in [-0.3, -0.25) is 14.9 Å². The first-order valence-corrected chi connectivity index (χ1v) is 6.06. The van der Waals surface area contributed by atoms with Crippen LogP contribution in [-0.2, 0) is 9.53 Å². The van der Waals surface area contributed by atoms with Crippen LogP contribution in [0.2, 0.25) is 0 Å². The van der Waals surface area contributed by atoms with Crippen molar-refractivity contribution in [2.24, 2.45) is 0 Å². The topological polar surface area (TPSA) is 78.7 Å². The fraction of sp³-hybridized carbons (Fsp3) is 0.364. The third kappa shape index (κ3) is 4.33. The number of ether oxygens (including phenoxy) is 2. The molecule has 1 aromatic carbocycles. The summed E-state index contributed by atoms with van der Waals surface area (Å²) in [6.07, 6.45) is 0.0566. The van der Waals surface area contributed by atoms with Crippen molar-refractivity contribution in [2.45, 2.75) is 13.3 Å². The minimum Gasteiger partial charge on any atom is -0.486 e. The molecule has 0 aliphatic carbocycles. The van der Waals surface area contributed by atoms with E-state index in [-0.39, 0.29) is 24.5 Å². The lowest BCUT2D eigenvalue weighted by atomic mass is 10.3. The molecule has 0 saturated heterocycles. The van der Waals surface area contributed by atoms with Crippen molar-refractivity contribution < 1.29 is 19.2 Å². The normalized spacial score (nSPS) is 9.89. The quantitative estimate of drug-likeness (QED) is 0.458. The maximum Gasteiger partial charge on any atom is 0.312 e. The summed E-state index contributed by atoms with van der Waals surface area (Å²) in [5.74, 6) is -0.259. The zero-order valence-electron chi connectivity index (χ0n) is 9.72. The fourth-order valence-electron chi connectivity index (χ4n) is 1.23. The molecule has 6 nitrogen and oxygen atoms in total. The molecule has 0 fully saturated rings. The number of carbonyl (C=O) groups is 1. The summed E-state index contributed by atoms with van der Waals surface area (Å²) in [6.45, 7) is 2.05. The smallest absolute Gasteiger partial charge is 0.312 e. The van der Waals surface area contributed by atoms with Crippen LogP contribution in [0.4, 0.5) is 5.69 Å². The van der Waals surface area contributed by atoms with Crippen molar-refractivity contribution in [3.63, 3.8) is 0 Å². The van der Waals surface area contributed by atoms with Gasteiger partial charge in [0.2, 0.25) is 0 Å². The summed E-state index contributed by atoms with van der Waals surface area (Å²) in [5, 5.41) is 10.8. The van der Waals surface area contributed by atoms with Gasteiger partial charge >= 0.3 is 11.7 Å². The zero-order chi connectivity index (χ0) is 13.5. The Balaban J connectivity index is 2.62. The minimum atomic E-state index is -0.537. The Morgan fingerprint density at radius 1 is 1.50 bits per heavy atom. The molecule has 0 heterocycles. The van der Waals surface area contributed by atoms with Crippen LogP contribution in [0, 0.1) is 10.1 Å². The van der Waals surface area contributed by atoms with Gasteiger partial charge in [-0.15, -0.1) is 0 Å². The van der Waals surface area contributed by atoms with Gasteiger partial charge in [0, 0.05) is 10.5 Å². The molecule has 0 aromatic heterocycles. The Bertz CT molecular complexity index is 449. The second-order valence-corrected chi connectivity index (χ2v) is 4.19. The summed E-state index contributed by atoms with van der Waals surface area (Å²) in [7, 11) is 0. The highest BCUT2D eigenvalue weighted by Crippen LogP contribution is 2.30. The molecular weight excluding hydrogens is 306 g/mol. The molecule has 0 amide bonds. The first-order valence-electron chi connectivity index (χ1n) is 5.27. The van der Waals surface area contributed by atoms with Gasteiger partial charge in [-0.2, -0.15) is 0 Å². The van der Waals surface area contributed by atoms with Gasteiger partial charge in [-0.1, -0.05) is 15.9 Å². The van der Waals surface area contributed by atoms with Crippen molar-refractivity contribution in [3.8, 4) is 5.75 Å². The first-order chi connectivity index (χ1) is 8.54. The van der Waals surface area contributed by atoms with Crippen LogP contribution >= 0.6 is 15.9 Å². The highest BCUT2D eigenvalue weighted by molar-refractivity contribution is 9.10. The van der Waals surface area contributed by atoms with Gasteiger partial charge in [0.25, 0.3) is 0 Å². The highest BCUT2D eigenvalue weighted by Gasteiger charge is 2.15. The van der Waals surface area contributed by atoms with Gasteiger partial charge in [0.1, 0.15) is 0 Å². The second kappa shape index (κ2) is 6.95. The van der Waals surface area contributed by atoms with Crippen molar-refractivity contribution >= 4 is 27.6 Å². The summed E-state index contributed by atoms with van der Waals surface area (Å²) >= 11 is 3.14. The van der Waals surface area contributed by atoms with Crippen molar-refractivity contribution in [1.82, 2.24) is 0 Å². The number of hydrogen-bond donors (Lipinski definition) is 0. The predicted molar refractivity (Wildman–Crippen MR) is 67.5 cm³/mol. The van der Waals surface area contributed by atoms with Gasteiger partial charge in [0.15, 0.2) is 5.75 Å². The minimum absolute atomic E-state index is 0.0430.